The number of hydrogen-bond donors (Lipinski definition) is 2. The monoisotopic (exact) mass is 371 g/mol. The Balaban J connectivity index is 0.00000225. The van der Waals surface area contributed by atoms with E-state index in [0.29, 0.717) is 17.2 Å². The quantitative estimate of drug-likeness (QED) is 0.796. The fraction of sp³-hybridized carbons (Fsp3) is 0.895. The summed E-state index contributed by atoms with van der Waals surface area (Å²) in [6, 6.07) is 0.211. The molecule has 0 bridgehead atoms. The lowest BCUT2D eigenvalue weighted by Gasteiger charge is -2.33. The summed E-state index contributed by atoms with van der Waals surface area (Å²) in [5.74, 6) is 1.30. The summed E-state index contributed by atoms with van der Waals surface area (Å²) < 4.78 is 0. The van der Waals surface area contributed by atoms with Gasteiger partial charge in [0.05, 0.1) is 0 Å². The van der Waals surface area contributed by atoms with Crippen LogP contribution >= 0.6 is 12.4 Å². The highest BCUT2D eigenvalue weighted by molar-refractivity contribution is 5.85. The Morgan fingerprint density at radius 3 is 2.28 bits per heavy atom. The largest absolute Gasteiger partial charge is 0.353 e. The first kappa shape index (κ1) is 20.5. The predicted molar refractivity (Wildman–Crippen MR) is 102 cm³/mol. The first-order valence-corrected chi connectivity index (χ1v) is 9.73. The average molecular weight is 372 g/mol. The molecule has 0 aromatic heterocycles. The van der Waals surface area contributed by atoms with Gasteiger partial charge in [0, 0.05) is 31.0 Å². The molecule has 1 spiro atoms. The highest BCUT2D eigenvalue weighted by atomic mass is 35.5. The van der Waals surface area contributed by atoms with Crippen molar-refractivity contribution in [3.05, 3.63) is 0 Å². The van der Waals surface area contributed by atoms with E-state index in [1.165, 1.54) is 0 Å². The van der Waals surface area contributed by atoms with Gasteiger partial charge in [0.25, 0.3) is 0 Å². The van der Waals surface area contributed by atoms with Crippen molar-refractivity contribution >= 4 is 24.2 Å². The minimum absolute atomic E-state index is 0. The Kier molecular flexibility index (Phi) is 6.77. The van der Waals surface area contributed by atoms with Crippen LogP contribution in [0, 0.1) is 23.2 Å². The molecule has 144 valence electrons. The standard InChI is InChI=1S/C19H33N3O2.ClH/c1-13(2)14(3)21-17(23)15-4-10-22(11-5-15)18(24)16-12-19(16)6-8-20-9-7-19;/h13-16,20H,4-12H2,1-3H3,(H,21,23);1H. The van der Waals surface area contributed by atoms with E-state index in [4.69, 9.17) is 0 Å². The smallest absolute Gasteiger partial charge is 0.226 e. The number of nitrogens with zero attached hydrogens (tertiary/aromatic N) is 1. The number of halogens is 1. The van der Waals surface area contributed by atoms with Crippen LogP contribution in [-0.4, -0.2) is 48.9 Å². The van der Waals surface area contributed by atoms with E-state index in [-0.39, 0.29) is 36.2 Å². The molecular weight excluding hydrogens is 338 g/mol. The SMILES string of the molecule is CC(C)C(C)NC(=O)C1CCN(C(=O)C2CC23CCNCC3)CC1.Cl. The summed E-state index contributed by atoms with van der Waals surface area (Å²) >= 11 is 0. The van der Waals surface area contributed by atoms with Crippen molar-refractivity contribution in [1.29, 1.82) is 0 Å². The number of carbonyl (C=O) groups is 2. The van der Waals surface area contributed by atoms with Crippen molar-refractivity contribution in [1.82, 2.24) is 15.5 Å². The Labute approximate surface area is 158 Å². The molecule has 2 N–H and O–H groups in total. The molecule has 0 aromatic carbocycles. The van der Waals surface area contributed by atoms with E-state index in [9.17, 15) is 9.59 Å². The second kappa shape index (κ2) is 8.26. The van der Waals surface area contributed by atoms with Crippen LogP contribution in [0.5, 0.6) is 0 Å². The molecule has 0 radical (unpaired) electrons. The molecule has 0 aromatic rings. The van der Waals surface area contributed by atoms with Gasteiger partial charge in [-0.25, -0.2) is 0 Å². The maximum absolute atomic E-state index is 12.8. The molecule has 2 unspecified atom stereocenters. The second-order valence-corrected chi connectivity index (χ2v) is 8.51. The van der Waals surface area contributed by atoms with E-state index in [2.05, 4.69) is 31.4 Å². The maximum Gasteiger partial charge on any atom is 0.226 e. The third-order valence-electron chi connectivity index (χ3n) is 6.63. The molecule has 2 atom stereocenters. The normalized spacial score (nSPS) is 26.9. The molecule has 1 saturated carbocycles. The Hall–Kier alpha value is -0.810. The fourth-order valence-electron chi connectivity index (χ4n) is 4.27. The highest BCUT2D eigenvalue weighted by Crippen LogP contribution is 2.59. The number of amides is 2. The first-order chi connectivity index (χ1) is 11.4. The Morgan fingerprint density at radius 2 is 1.72 bits per heavy atom. The molecule has 2 saturated heterocycles. The summed E-state index contributed by atoms with van der Waals surface area (Å²) in [6.07, 6.45) is 5.00. The zero-order valence-electron chi connectivity index (χ0n) is 15.8. The topological polar surface area (TPSA) is 61.4 Å². The number of rotatable bonds is 4. The van der Waals surface area contributed by atoms with Gasteiger partial charge >= 0.3 is 0 Å². The van der Waals surface area contributed by atoms with Crippen LogP contribution < -0.4 is 10.6 Å². The van der Waals surface area contributed by atoms with Gasteiger partial charge in [-0.05, 0) is 63.5 Å². The number of hydrogen-bond acceptors (Lipinski definition) is 3. The Morgan fingerprint density at radius 1 is 1.12 bits per heavy atom. The van der Waals surface area contributed by atoms with Gasteiger partial charge in [-0.15, -0.1) is 12.4 Å². The van der Waals surface area contributed by atoms with E-state index in [1.807, 2.05) is 4.90 Å². The summed E-state index contributed by atoms with van der Waals surface area (Å²) in [5, 5.41) is 6.52. The van der Waals surface area contributed by atoms with Crippen LogP contribution in [0.4, 0.5) is 0 Å². The van der Waals surface area contributed by atoms with E-state index in [0.717, 1.165) is 58.3 Å². The lowest BCUT2D eigenvalue weighted by molar-refractivity contribution is -0.137. The van der Waals surface area contributed by atoms with Gasteiger partial charge in [-0.1, -0.05) is 13.8 Å². The molecule has 1 aliphatic carbocycles. The van der Waals surface area contributed by atoms with Crippen LogP contribution in [0.2, 0.25) is 0 Å². The van der Waals surface area contributed by atoms with Crippen LogP contribution in [0.15, 0.2) is 0 Å². The summed E-state index contributed by atoms with van der Waals surface area (Å²) in [7, 11) is 0. The van der Waals surface area contributed by atoms with Gasteiger partial charge in [-0.2, -0.15) is 0 Å². The molecular formula is C19H34ClN3O2. The lowest BCUT2D eigenvalue weighted by Crippen LogP contribution is -2.46. The molecule has 3 fully saturated rings. The third kappa shape index (κ3) is 4.48. The lowest BCUT2D eigenvalue weighted by atomic mass is 9.90. The highest BCUT2D eigenvalue weighted by Gasteiger charge is 2.58. The third-order valence-corrected chi connectivity index (χ3v) is 6.63. The maximum atomic E-state index is 12.8. The summed E-state index contributed by atoms with van der Waals surface area (Å²) in [5.41, 5.74) is 0.309. The van der Waals surface area contributed by atoms with Crippen molar-refractivity contribution in [2.45, 2.75) is 58.9 Å². The predicted octanol–water partition coefficient (Wildman–Crippen LogP) is 2.20. The molecule has 5 nitrogen and oxygen atoms in total. The number of nitrogens with one attached hydrogen (secondary N) is 2. The van der Waals surface area contributed by atoms with E-state index < -0.39 is 0 Å². The molecule has 2 heterocycles. The zero-order valence-corrected chi connectivity index (χ0v) is 16.7. The second-order valence-electron chi connectivity index (χ2n) is 8.51. The minimum atomic E-state index is 0. The molecule has 3 aliphatic rings. The van der Waals surface area contributed by atoms with Crippen molar-refractivity contribution in [2.75, 3.05) is 26.2 Å². The van der Waals surface area contributed by atoms with E-state index in [1.54, 1.807) is 0 Å². The van der Waals surface area contributed by atoms with Gasteiger partial charge in [-0.3, -0.25) is 9.59 Å². The van der Waals surface area contributed by atoms with Crippen LogP contribution in [0.1, 0.15) is 52.9 Å². The summed E-state index contributed by atoms with van der Waals surface area (Å²) in [4.78, 5) is 27.2. The van der Waals surface area contributed by atoms with Gasteiger partial charge in [0.2, 0.25) is 11.8 Å². The van der Waals surface area contributed by atoms with Crippen LogP contribution in [-0.2, 0) is 9.59 Å². The zero-order chi connectivity index (χ0) is 17.3. The average Bonchev–Trinajstić information content (AvgIpc) is 3.27. The molecule has 2 aliphatic heterocycles. The molecule has 3 rings (SSSR count). The molecule has 6 heteroatoms. The minimum Gasteiger partial charge on any atom is -0.353 e. The first-order valence-electron chi connectivity index (χ1n) is 9.73. The van der Waals surface area contributed by atoms with Crippen molar-refractivity contribution in [3.63, 3.8) is 0 Å². The van der Waals surface area contributed by atoms with Crippen molar-refractivity contribution < 1.29 is 9.59 Å². The van der Waals surface area contributed by atoms with Crippen molar-refractivity contribution in [2.24, 2.45) is 23.2 Å². The molecule has 25 heavy (non-hydrogen) atoms. The number of carbonyl (C=O) groups excluding carboxylic acids is 2. The van der Waals surface area contributed by atoms with Crippen molar-refractivity contribution in [3.8, 4) is 0 Å². The molecule has 2 amide bonds. The van der Waals surface area contributed by atoms with Gasteiger partial charge in [0.15, 0.2) is 0 Å². The van der Waals surface area contributed by atoms with Gasteiger partial charge < -0.3 is 15.5 Å². The van der Waals surface area contributed by atoms with E-state index >= 15 is 0 Å². The van der Waals surface area contributed by atoms with Gasteiger partial charge in [0.1, 0.15) is 0 Å². The Bertz CT molecular complexity index is 483. The summed E-state index contributed by atoms with van der Waals surface area (Å²) in [6.45, 7) is 9.92. The van der Waals surface area contributed by atoms with Crippen LogP contribution in [0.25, 0.3) is 0 Å². The van der Waals surface area contributed by atoms with Crippen LogP contribution in [0.3, 0.4) is 0 Å². The number of likely N-dealkylation sites (tertiary alicyclic amines) is 1. The fourth-order valence-corrected chi connectivity index (χ4v) is 4.27. The number of piperidine rings is 2.